The summed E-state index contributed by atoms with van der Waals surface area (Å²) < 4.78 is 10.7. The monoisotopic (exact) mass is 783 g/mol. The van der Waals surface area contributed by atoms with Gasteiger partial charge in [-0.25, -0.2) is 0 Å². The summed E-state index contributed by atoms with van der Waals surface area (Å²) in [5.74, 6) is 0. The van der Waals surface area contributed by atoms with Crippen LogP contribution in [0, 0.1) is 29.6 Å². The lowest BCUT2D eigenvalue weighted by Crippen LogP contribution is -2.09. The highest BCUT2D eigenvalue weighted by Gasteiger charge is 2.26. The van der Waals surface area contributed by atoms with Gasteiger partial charge in [0.05, 0.1) is 39.1 Å². The summed E-state index contributed by atoms with van der Waals surface area (Å²) in [5, 5.41) is 27.4. The molecule has 3 aromatic heterocycles. The van der Waals surface area contributed by atoms with Gasteiger partial charge in [0.25, 0.3) is 0 Å². The third-order valence-corrected chi connectivity index (χ3v) is 12.1. The average molecular weight is 784 g/mol. The predicted molar refractivity (Wildman–Crippen MR) is 249 cm³/mol. The van der Waals surface area contributed by atoms with E-state index in [2.05, 4.69) is 155 Å². The van der Waals surface area contributed by atoms with E-state index in [1.54, 1.807) is 0 Å². The molecule has 0 unspecified atom stereocenters. The summed E-state index contributed by atoms with van der Waals surface area (Å²) in [6, 6.07) is 65.3. The van der Waals surface area contributed by atoms with E-state index in [0.717, 1.165) is 94.1 Å². The van der Waals surface area contributed by atoms with E-state index in [0.29, 0.717) is 28.9 Å². The first-order chi connectivity index (χ1) is 30.1. The highest BCUT2D eigenvalue weighted by Crippen LogP contribution is 2.45. The molecule has 0 spiro atoms. The molecule has 6 heteroatoms. The van der Waals surface area contributed by atoms with Gasteiger partial charge in [0.2, 0.25) is 0 Å². The predicted octanol–water partition coefficient (Wildman–Crippen LogP) is 14.4. The zero-order chi connectivity index (χ0) is 41.2. The molecule has 0 bridgehead atoms. The van der Waals surface area contributed by atoms with E-state index in [1.807, 2.05) is 60.7 Å². The van der Waals surface area contributed by atoms with Crippen LogP contribution >= 0.6 is 0 Å². The van der Waals surface area contributed by atoms with Crippen molar-refractivity contribution in [1.29, 1.82) is 10.5 Å². The minimum Gasteiger partial charge on any atom is -0.456 e. The van der Waals surface area contributed by atoms with Crippen LogP contribution in [0.25, 0.3) is 77.1 Å². The second kappa shape index (κ2) is 14.2. The number of rotatable bonds is 7. The topological polar surface area (TPSA) is 73.8 Å². The fourth-order valence-electron chi connectivity index (χ4n) is 9.50. The van der Waals surface area contributed by atoms with Crippen LogP contribution in [-0.2, 0) is 6.42 Å². The maximum Gasteiger partial charge on any atom is 0.136 e. The molecule has 288 valence electrons. The molecule has 11 aromatic rings. The highest BCUT2D eigenvalue weighted by molar-refractivity contribution is 6.27. The molecule has 0 aliphatic rings. The number of aromatic nitrogens is 2. The van der Waals surface area contributed by atoms with E-state index < -0.39 is 0 Å². The van der Waals surface area contributed by atoms with Crippen molar-refractivity contribution in [3.63, 3.8) is 0 Å². The third-order valence-electron chi connectivity index (χ3n) is 12.1. The zero-order valence-corrected chi connectivity index (χ0v) is 33.6. The van der Waals surface area contributed by atoms with Crippen LogP contribution in [0.3, 0.4) is 0 Å². The molecular weight excluding hydrogens is 747 g/mol. The van der Waals surface area contributed by atoms with Gasteiger partial charge >= 0.3 is 0 Å². The lowest BCUT2D eigenvalue weighted by atomic mass is 9.96. The lowest BCUT2D eigenvalue weighted by molar-refractivity contribution is 0.669. The molecule has 0 aliphatic heterocycles. The fourth-order valence-corrected chi connectivity index (χ4v) is 9.50. The van der Waals surface area contributed by atoms with Crippen molar-refractivity contribution in [3.05, 3.63) is 198 Å². The summed E-state index contributed by atoms with van der Waals surface area (Å²) in [5.41, 5.74) is 14.3. The third kappa shape index (κ3) is 5.47. The maximum atomic E-state index is 11.1. The summed E-state index contributed by atoms with van der Waals surface area (Å²) in [7, 11) is 0. The van der Waals surface area contributed by atoms with Crippen molar-refractivity contribution in [3.8, 4) is 34.6 Å². The van der Waals surface area contributed by atoms with E-state index >= 15 is 0 Å². The molecule has 6 nitrogen and oxygen atoms in total. The van der Waals surface area contributed by atoms with Crippen LogP contribution in [0.5, 0.6) is 0 Å². The number of anilines is 3. The van der Waals surface area contributed by atoms with Crippen LogP contribution in [-0.4, -0.2) is 9.13 Å². The number of furan rings is 1. The minimum atomic E-state index is 0.464. The lowest BCUT2D eigenvalue weighted by Gasteiger charge is -2.25. The number of nitriles is 2. The molecule has 0 N–H and O–H groups in total. The standard InChI is InChI=1S/C55H37N5O/c1-3-45-53(41-21-11-10-16-35(41)2)44-32-40(58(38-17-6-4-7-18-38)39-19-8-5-9-20-39)26-27-47(44)59(45)49-30-37(34-57)50(31-36(49)33-56)60-46-24-14-12-22-42(46)54-48(60)28-29-52-55(54)43-23-13-15-25-51(43)61-52/h4-32H,3H2,1-2H3. The van der Waals surface area contributed by atoms with Crippen LogP contribution in [0.1, 0.15) is 29.3 Å². The molecule has 61 heavy (non-hydrogen) atoms. The van der Waals surface area contributed by atoms with Crippen molar-refractivity contribution < 1.29 is 4.42 Å². The van der Waals surface area contributed by atoms with Crippen LogP contribution in [0.2, 0.25) is 0 Å². The molecule has 0 saturated heterocycles. The molecule has 0 atom stereocenters. The molecule has 0 amide bonds. The Morgan fingerprint density at radius 2 is 1.10 bits per heavy atom. The van der Waals surface area contributed by atoms with Crippen molar-refractivity contribution in [2.45, 2.75) is 20.3 Å². The quantitative estimate of drug-likeness (QED) is 0.161. The van der Waals surface area contributed by atoms with Gasteiger partial charge in [-0.3, -0.25) is 0 Å². The van der Waals surface area contributed by atoms with Gasteiger partial charge in [0.15, 0.2) is 0 Å². The van der Waals surface area contributed by atoms with E-state index in [9.17, 15) is 10.5 Å². The summed E-state index contributed by atoms with van der Waals surface area (Å²) in [4.78, 5) is 2.28. The smallest absolute Gasteiger partial charge is 0.136 e. The number of hydrogen-bond donors (Lipinski definition) is 0. The van der Waals surface area contributed by atoms with Crippen molar-refractivity contribution in [1.82, 2.24) is 9.13 Å². The Labute approximate surface area is 352 Å². The molecule has 0 aliphatic carbocycles. The Hall–Kier alpha value is -8.32. The number of hydrogen-bond acceptors (Lipinski definition) is 4. The van der Waals surface area contributed by atoms with Crippen LogP contribution in [0.4, 0.5) is 17.1 Å². The van der Waals surface area contributed by atoms with E-state index in [4.69, 9.17) is 4.42 Å². The number of nitrogens with zero attached hydrogens (tertiary/aromatic N) is 5. The Balaban J connectivity index is 1.19. The Bertz CT molecular complexity index is 3570. The number of para-hydroxylation sites is 4. The molecular formula is C55H37N5O. The first kappa shape index (κ1) is 35.8. The minimum absolute atomic E-state index is 0.464. The van der Waals surface area contributed by atoms with E-state index in [1.165, 1.54) is 0 Å². The summed E-state index contributed by atoms with van der Waals surface area (Å²) >= 11 is 0. The number of aryl methyl sites for hydroxylation is 1. The molecule has 0 radical (unpaired) electrons. The molecule has 0 saturated carbocycles. The number of fused-ring (bicyclic) bond motifs is 8. The van der Waals surface area contributed by atoms with Gasteiger partial charge in [-0.15, -0.1) is 0 Å². The fraction of sp³-hybridized carbons (Fsp3) is 0.0545. The maximum absolute atomic E-state index is 11.1. The Morgan fingerprint density at radius 3 is 1.79 bits per heavy atom. The van der Waals surface area contributed by atoms with Crippen LogP contribution in [0.15, 0.2) is 180 Å². The summed E-state index contributed by atoms with van der Waals surface area (Å²) in [6.07, 6.45) is 0.685. The molecule has 0 fully saturated rings. The van der Waals surface area contributed by atoms with Gasteiger partial charge in [-0.2, -0.15) is 10.5 Å². The van der Waals surface area contributed by atoms with Crippen molar-refractivity contribution in [2.24, 2.45) is 0 Å². The van der Waals surface area contributed by atoms with Gasteiger partial charge in [0.1, 0.15) is 23.3 Å². The molecule has 3 heterocycles. The summed E-state index contributed by atoms with van der Waals surface area (Å²) in [6.45, 7) is 4.31. The first-order valence-electron chi connectivity index (χ1n) is 20.5. The normalized spacial score (nSPS) is 11.5. The van der Waals surface area contributed by atoms with Gasteiger partial charge in [-0.05, 0) is 103 Å². The average Bonchev–Trinajstić information content (AvgIpc) is 3.97. The molecule has 11 rings (SSSR count). The number of benzene rings is 8. The van der Waals surface area contributed by atoms with E-state index in [-0.39, 0.29) is 0 Å². The van der Waals surface area contributed by atoms with Gasteiger partial charge in [-0.1, -0.05) is 104 Å². The van der Waals surface area contributed by atoms with Gasteiger partial charge in [0, 0.05) is 55.3 Å². The second-order valence-electron chi connectivity index (χ2n) is 15.4. The van der Waals surface area contributed by atoms with Crippen molar-refractivity contribution >= 4 is 71.7 Å². The first-order valence-corrected chi connectivity index (χ1v) is 20.5. The largest absolute Gasteiger partial charge is 0.456 e. The Morgan fingerprint density at radius 1 is 0.508 bits per heavy atom. The van der Waals surface area contributed by atoms with Gasteiger partial charge < -0.3 is 18.5 Å². The second-order valence-corrected chi connectivity index (χ2v) is 15.4. The van der Waals surface area contributed by atoms with Crippen LogP contribution < -0.4 is 4.90 Å². The highest BCUT2D eigenvalue weighted by atomic mass is 16.3. The SMILES string of the molecule is CCc1c(-c2ccccc2C)c2cc(N(c3ccccc3)c3ccccc3)ccc2n1-c1cc(C#N)c(-n2c3ccccc3c3c4c(ccc32)oc2ccccc24)cc1C#N. The zero-order valence-electron chi connectivity index (χ0n) is 33.6. The Kier molecular flexibility index (Phi) is 8.34. The molecule has 8 aromatic carbocycles. The van der Waals surface area contributed by atoms with Crippen molar-refractivity contribution in [2.75, 3.05) is 4.90 Å².